The lowest BCUT2D eigenvalue weighted by atomic mass is 10.2. The summed E-state index contributed by atoms with van der Waals surface area (Å²) >= 11 is 0. The van der Waals surface area contributed by atoms with Gasteiger partial charge in [-0.25, -0.2) is 9.78 Å². The minimum atomic E-state index is -1.15. The number of aromatic nitrogens is 1. The van der Waals surface area contributed by atoms with E-state index in [2.05, 4.69) is 6.08 Å². The number of hydrogen-bond acceptors (Lipinski definition) is 7. The lowest BCUT2D eigenvalue weighted by Gasteiger charge is -2.20. The van der Waals surface area contributed by atoms with Crippen molar-refractivity contribution in [2.75, 3.05) is 20.3 Å². The zero-order valence-electron chi connectivity index (χ0n) is 22.1. The van der Waals surface area contributed by atoms with E-state index in [0.717, 1.165) is 27.5 Å². The van der Waals surface area contributed by atoms with E-state index in [-0.39, 0.29) is 18.2 Å². The molecule has 1 N–H and O–H groups in total. The van der Waals surface area contributed by atoms with E-state index in [9.17, 15) is 14.7 Å². The second kappa shape index (κ2) is 11.8. The van der Waals surface area contributed by atoms with Crippen LogP contribution in [-0.2, 0) is 11.3 Å². The summed E-state index contributed by atoms with van der Waals surface area (Å²) < 4.78 is 22.4. The molecule has 1 aromatic heterocycles. The van der Waals surface area contributed by atoms with E-state index in [1.165, 1.54) is 7.11 Å². The molecular weight excluding hydrogens is 512 g/mol. The highest BCUT2D eigenvalue weighted by Gasteiger charge is 2.32. The van der Waals surface area contributed by atoms with Gasteiger partial charge in [-0.15, -0.1) is 0 Å². The van der Waals surface area contributed by atoms with Crippen molar-refractivity contribution >= 4 is 12.1 Å². The van der Waals surface area contributed by atoms with Crippen molar-refractivity contribution in [2.45, 2.75) is 19.4 Å². The Morgan fingerprint density at radius 1 is 0.975 bits per heavy atom. The van der Waals surface area contributed by atoms with Gasteiger partial charge in [-0.2, -0.15) is 0 Å². The molecule has 0 aliphatic heterocycles. The molecule has 1 atom stereocenters. The summed E-state index contributed by atoms with van der Waals surface area (Å²) in [7, 11) is 1.53. The Hall–Kier alpha value is -5.05. The minimum absolute atomic E-state index is 0.0320. The summed E-state index contributed by atoms with van der Waals surface area (Å²) in [5.74, 6) is 1.79. The molecule has 0 saturated carbocycles. The quantitative estimate of drug-likeness (QED) is 0.236. The van der Waals surface area contributed by atoms with E-state index in [0.29, 0.717) is 29.6 Å². The highest BCUT2D eigenvalue weighted by atomic mass is 16.6. The number of methoxy groups -OCH3 is 1. The van der Waals surface area contributed by atoms with Crippen LogP contribution < -0.4 is 14.2 Å². The third kappa shape index (κ3) is 6.50. The van der Waals surface area contributed by atoms with Crippen LogP contribution in [0.2, 0.25) is 0 Å². The first-order chi connectivity index (χ1) is 19.4. The molecule has 1 unspecified atom stereocenters. The molecule has 0 fully saturated rings. The fraction of sp³-hybridized carbons (Fsp3) is 0.194. The number of oxazole rings is 1. The van der Waals surface area contributed by atoms with Crippen LogP contribution in [0.5, 0.6) is 17.2 Å². The van der Waals surface area contributed by atoms with Crippen LogP contribution in [0.4, 0.5) is 4.79 Å². The number of rotatable bonds is 11. The Bertz CT molecular complexity index is 1530. The van der Waals surface area contributed by atoms with Crippen molar-refractivity contribution in [3.05, 3.63) is 108 Å². The van der Waals surface area contributed by atoms with Gasteiger partial charge in [0, 0.05) is 18.0 Å². The fourth-order valence-electron chi connectivity index (χ4n) is 4.24. The average Bonchev–Trinajstić information content (AvgIpc) is 3.63. The molecule has 9 heteroatoms. The standard InChI is InChI=1S/C31H28N2O7/c1-20-29(32-30(39-20)22-8-4-3-5-9-22)27-16-23(27)19-38-26-10-6-7-21(15-26)17-33(18-28(34)35)31(36)40-25-13-11-24(37-2)12-14-25/h3-16,27H,17-19H2,1-2H3,(H,34,35). The predicted octanol–water partition coefficient (Wildman–Crippen LogP) is 5.85. The van der Waals surface area contributed by atoms with Crippen molar-refractivity contribution in [2.24, 2.45) is 0 Å². The Balaban J connectivity index is 1.18. The summed E-state index contributed by atoms with van der Waals surface area (Å²) in [4.78, 5) is 30.0. The van der Waals surface area contributed by atoms with E-state index in [1.807, 2.05) is 43.3 Å². The van der Waals surface area contributed by atoms with Gasteiger partial charge >= 0.3 is 12.1 Å². The van der Waals surface area contributed by atoms with E-state index in [4.69, 9.17) is 23.6 Å². The van der Waals surface area contributed by atoms with Crippen molar-refractivity contribution in [1.82, 2.24) is 9.88 Å². The number of amides is 1. The van der Waals surface area contributed by atoms with Crippen LogP contribution in [0.15, 0.2) is 94.9 Å². The van der Waals surface area contributed by atoms with Crippen LogP contribution in [0.25, 0.3) is 11.5 Å². The summed E-state index contributed by atoms with van der Waals surface area (Å²) in [6.45, 7) is 1.80. The van der Waals surface area contributed by atoms with Gasteiger partial charge in [0.1, 0.15) is 36.2 Å². The molecule has 3 aromatic carbocycles. The first-order valence-corrected chi connectivity index (χ1v) is 12.7. The largest absolute Gasteiger partial charge is 0.497 e. The zero-order chi connectivity index (χ0) is 28.1. The lowest BCUT2D eigenvalue weighted by Crippen LogP contribution is -2.37. The molecule has 1 amide bonds. The van der Waals surface area contributed by atoms with Gasteiger partial charge in [0.05, 0.1) is 12.8 Å². The number of carbonyl (C=O) groups excluding carboxylic acids is 1. The fourth-order valence-corrected chi connectivity index (χ4v) is 4.24. The Morgan fingerprint density at radius 3 is 2.45 bits per heavy atom. The molecule has 1 aliphatic rings. The number of aryl methyl sites for hydroxylation is 1. The first kappa shape index (κ1) is 26.6. The minimum Gasteiger partial charge on any atom is -0.497 e. The maximum Gasteiger partial charge on any atom is 0.416 e. The number of nitrogens with zero attached hydrogens (tertiary/aromatic N) is 2. The monoisotopic (exact) mass is 540 g/mol. The van der Waals surface area contributed by atoms with Crippen LogP contribution in [-0.4, -0.2) is 47.3 Å². The highest BCUT2D eigenvalue weighted by Crippen LogP contribution is 2.41. The summed E-state index contributed by atoms with van der Waals surface area (Å²) in [5.41, 5.74) is 3.60. The number of carbonyl (C=O) groups is 2. The van der Waals surface area contributed by atoms with Gasteiger partial charge < -0.3 is 23.7 Å². The second-order valence-corrected chi connectivity index (χ2v) is 9.28. The van der Waals surface area contributed by atoms with E-state index >= 15 is 0 Å². The number of hydrogen-bond donors (Lipinski definition) is 1. The van der Waals surface area contributed by atoms with Crippen molar-refractivity contribution in [3.63, 3.8) is 0 Å². The van der Waals surface area contributed by atoms with E-state index < -0.39 is 18.6 Å². The van der Waals surface area contributed by atoms with Gasteiger partial charge in [-0.1, -0.05) is 36.4 Å². The normalized spacial score (nSPS) is 13.8. The van der Waals surface area contributed by atoms with Gasteiger partial charge in [0.15, 0.2) is 0 Å². The number of allylic oxidation sites excluding steroid dienone is 1. The Morgan fingerprint density at radius 2 is 1.73 bits per heavy atom. The molecule has 1 aliphatic carbocycles. The molecule has 0 spiro atoms. The third-order valence-electron chi connectivity index (χ3n) is 6.35. The maximum atomic E-state index is 12.8. The number of carboxylic acid groups (broad SMARTS) is 1. The van der Waals surface area contributed by atoms with Crippen LogP contribution in [0, 0.1) is 6.92 Å². The average molecular weight is 541 g/mol. The Labute approximate surface area is 231 Å². The molecule has 40 heavy (non-hydrogen) atoms. The second-order valence-electron chi connectivity index (χ2n) is 9.28. The van der Waals surface area contributed by atoms with Crippen molar-refractivity contribution in [3.8, 4) is 28.7 Å². The predicted molar refractivity (Wildman–Crippen MR) is 147 cm³/mol. The van der Waals surface area contributed by atoms with Crippen LogP contribution in [0.1, 0.15) is 22.9 Å². The number of carboxylic acids is 1. The van der Waals surface area contributed by atoms with Crippen LogP contribution >= 0.6 is 0 Å². The van der Waals surface area contributed by atoms with Crippen LogP contribution in [0.3, 0.4) is 0 Å². The molecule has 4 aromatic rings. The summed E-state index contributed by atoms with van der Waals surface area (Å²) in [6, 6.07) is 23.4. The van der Waals surface area contributed by atoms with Gasteiger partial charge in [-0.05, 0) is 66.6 Å². The summed E-state index contributed by atoms with van der Waals surface area (Å²) in [6.07, 6.45) is 1.32. The third-order valence-corrected chi connectivity index (χ3v) is 6.35. The molecule has 204 valence electrons. The molecule has 9 nitrogen and oxygen atoms in total. The number of aliphatic carboxylic acids is 1. The Kier molecular flexibility index (Phi) is 7.82. The van der Waals surface area contributed by atoms with Gasteiger partial charge in [0.2, 0.25) is 5.89 Å². The lowest BCUT2D eigenvalue weighted by molar-refractivity contribution is -0.138. The molecule has 1 heterocycles. The topological polar surface area (TPSA) is 111 Å². The molecule has 0 saturated heterocycles. The first-order valence-electron chi connectivity index (χ1n) is 12.7. The number of benzene rings is 3. The summed E-state index contributed by atoms with van der Waals surface area (Å²) in [5, 5.41) is 9.35. The van der Waals surface area contributed by atoms with E-state index in [1.54, 1.807) is 42.5 Å². The van der Waals surface area contributed by atoms with Crippen molar-refractivity contribution in [1.29, 1.82) is 0 Å². The number of ether oxygens (including phenoxy) is 3. The molecule has 5 rings (SSSR count). The smallest absolute Gasteiger partial charge is 0.416 e. The molecule has 0 radical (unpaired) electrons. The van der Waals surface area contributed by atoms with Gasteiger partial charge in [0.25, 0.3) is 0 Å². The van der Waals surface area contributed by atoms with Gasteiger partial charge in [-0.3, -0.25) is 9.69 Å². The highest BCUT2D eigenvalue weighted by molar-refractivity contribution is 5.78. The molecule has 0 bridgehead atoms. The van der Waals surface area contributed by atoms with Crippen molar-refractivity contribution < 1.29 is 33.3 Å². The zero-order valence-corrected chi connectivity index (χ0v) is 22.1. The molecular formula is C31H28N2O7. The SMILES string of the molecule is COc1ccc(OC(=O)N(CC(=O)O)Cc2cccc(OCC3=CC3c3nc(-c4ccccc4)oc3C)c2)cc1. The maximum absolute atomic E-state index is 12.8.